The molecule has 1 aromatic carbocycles. The van der Waals surface area contributed by atoms with Gasteiger partial charge in [-0.15, -0.1) is 12.4 Å². The maximum atomic E-state index is 12.1. The molecule has 136 valence electrons. The molecule has 1 aliphatic rings. The summed E-state index contributed by atoms with van der Waals surface area (Å²) in [6.07, 6.45) is 0.0412. The molecular weight excluding hydrogens is 352 g/mol. The number of benzene rings is 1. The summed E-state index contributed by atoms with van der Waals surface area (Å²) in [6, 6.07) is 7.21. The van der Waals surface area contributed by atoms with Crippen molar-refractivity contribution in [2.75, 3.05) is 6.54 Å². The number of imide groups is 1. The minimum atomic E-state index is -1.06. The number of rotatable bonds is 6. The molecule has 0 bridgehead atoms. The van der Waals surface area contributed by atoms with Crippen LogP contribution >= 0.6 is 12.4 Å². The van der Waals surface area contributed by atoms with Crippen LogP contribution in [0.5, 0.6) is 0 Å². The maximum Gasteiger partial charge on any atom is 0.263 e. The number of nitrogens with one attached hydrogen (secondary N) is 2. The third-order valence-electron chi connectivity index (χ3n) is 3.62. The Morgan fingerprint density at radius 1 is 1.28 bits per heavy atom. The highest BCUT2D eigenvalue weighted by atomic mass is 35.5. The Hall–Kier alpha value is -2.49. The van der Waals surface area contributed by atoms with Crippen molar-refractivity contribution < 1.29 is 24.4 Å². The zero-order chi connectivity index (χ0) is 17.7. The fraction of sp³-hybridized carbons (Fsp3) is 0.333. The summed E-state index contributed by atoms with van der Waals surface area (Å²) in [7, 11) is 0. The minimum absolute atomic E-state index is 0. The van der Waals surface area contributed by atoms with E-state index in [4.69, 9.17) is 10.9 Å². The Labute approximate surface area is 149 Å². The second kappa shape index (κ2) is 9.11. The number of halogens is 1. The highest BCUT2D eigenvalue weighted by molar-refractivity contribution is 6.08. The molecule has 1 saturated heterocycles. The molecule has 2 rings (SSSR count). The molecular formula is C15H19ClN4O5. The predicted octanol–water partition coefficient (Wildman–Crippen LogP) is -1.27. The molecule has 4 amide bonds. The van der Waals surface area contributed by atoms with Crippen LogP contribution in [-0.2, 0) is 25.6 Å². The van der Waals surface area contributed by atoms with Crippen molar-refractivity contribution in [1.29, 1.82) is 0 Å². The number of hydrogen-bond acceptors (Lipinski definition) is 6. The summed E-state index contributed by atoms with van der Waals surface area (Å²) in [5.41, 5.74) is 8.04. The van der Waals surface area contributed by atoms with Gasteiger partial charge in [0, 0.05) is 0 Å². The van der Waals surface area contributed by atoms with Crippen molar-refractivity contribution in [3.63, 3.8) is 0 Å². The van der Waals surface area contributed by atoms with Crippen LogP contribution in [0.25, 0.3) is 0 Å². The summed E-state index contributed by atoms with van der Waals surface area (Å²) in [6.45, 7) is -0.601. The van der Waals surface area contributed by atoms with Gasteiger partial charge in [-0.2, -0.15) is 0 Å². The SMILES string of the molecule is Cl.N[C@@H](Cc1ccccc1)C(=O)N[C@H]1CC(=O)N(CC(=O)NO)C1=O. The first-order valence-corrected chi connectivity index (χ1v) is 7.29. The van der Waals surface area contributed by atoms with E-state index in [1.54, 1.807) is 0 Å². The van der Waals surface area contributed by atoms with Gasteiger partial charge in [0.2, 0.25) is 11.8 Å². The standard InChI is InChI=1S/C15H18N4O5.ClH/c16-10(6-9-4-2-1-3-5-9)14(22)17-11-7-13(21)19(15(11)23)8-12(20)18-24;/h1-5,10-11,24H,6-8,16H2,(H,17,22)(H,18,20);1H/t10-,11-;/m0./s1. The van der Waals surface area contributed by atoms with Crippen molar-refractivity contribution in [3.8, 4) is 0 Å². The number of hydrogen-bond donors (Lipinski definition) is 4. The summed E-state index contributed by atoms with van der Waals surface area (Å²) < 4.78 is 0. The fourth-order valence-corrected chi connectivity index (χ4v) is 2.38. The Morgan fingerprint density at radius 3 is 2.52 bits per heavy atom. The smallest absolute Gasteiger partial charge is 0.263 e. The molecule has 0 aromatic heterocycles. The van der Waals surface area contributed by atoms with Crippen molar-refractivity contribution in [3.05, 3.63) is 35.9 Å². The van der Waals surface area contributed by atoms with E-state index in [0.717, 1.165) is 5.56 Å². The molecule has 2 atom stereocenters. The van der Waals surface area contributed by atoms with Gasteiger partial charge >= 0.3 is 0 Å². The van der Waals surface area contributed by atoms with Crippen molar-refractivity contribution in [2.24, 2.45) is 5.73 Å². The third kappa shape index (κ3) is 5.24. The van der Waals surface area contributed by atoms with E-state index in [9.17, 15) is 19.2 Å². The van der Waals surface area contributed by atoms with E-state index in [2.05, 4.69) is 5.32 Å². The minimum Gasteiger partial charge on any atom is -0.342 e. The van der Waals surface area contributed by atoms with Crippen molar-refractivity contribution >= 4 is 36.0 Å². The largest absolute Gasteiger partial charge is 0.342 e. The average Bonchev–Trinajstić information content (AvgIpc) is 2.83. The van der Waals surface area contributed by atoms with Crippen molar-refractivity contribution in [2.45, 2.75) is 24.9 Å². The average molecular weight is 371 g/mol. The van der Waals surface area contributed by atoms with Crippen LogP contribution in [0, 0.1) is 0 Å². The monoisotopic (exact) mass is 370 g/mol. The zero-order valence-electron chi connectivity index (χ0n) is 13.2. The second-order valence-corrected chi connectivity index (χ2v) is 5.41. The molecule has 1 fully saturated rings. The van der Waals surface area contributed by atoms with Gasteiger partial charge in [-0.25, -0.2) is 5.48 Å². The topological polar surface area (TPSA) is 142 Å². The molecule has 0 spiro atoms. The van der Waals surface area contributed by atoms with Crippen LogP contribution in [0.4, 0.5) is 0 Å². The molecule has 0 radical (unpaired) electrons. The third-order valence-corrected chi connectivity index (χ3v) is 3.62. The molecule has 1 aromatic rings. The molecule has 9 nitrogen and oxygen atoms in total. The zero-order valence-corrected chi connectivity index (χ0v) is 14.0. The summed E-state index contributed by atoms with van der Waals surface area (Å²) in [4.78, 5) is 47.7. The van der Waals surface area contributed by atoms with Gasteiger partial charge in [0.25, 0.3) is 11.8 Å². The van der Waals surface area contributed by atoms with E-state index in [1.165, 1.54) is 5.48 Å². The summed E-state index contributed by atoms with van der Waals surface area (Å²) in [5.74, 6) is -2.77. The second-order valence-electron chi connectivity index (χ2n) is 5.41. The van der Waals surface area contributed by atoms with Gasteiger partial charge in [-0.05, 0) is 12.0 Å². The van der Waals surface area contributed by atoms with Crippen LogP contribution in [0.1, 0.15) is 12.0 Å². The van der Waals surface area contributed by atoms with Gasteiger partial charge in [0.15, 0.2) is 0 Å². The van der Waals surface area contributed by atoms with E-state index >= 15 is 0 Å². The highest BCUT2D eigenvalue weighted by Gasteiger charge is 2.40. The van der Waals surface area contributed by atoms with Gasteiger partial charge < -0.3 is 11.1 Å². The first kappa shape index (κ1) is 20.6. The van der Waals surface area contributed by atoms with E-state index in [1.807, 2.05) is 30.3 Å². The van der Waals surface area contributed by atoms with Gasteiger partial charge in [-0.1, -0.05) is 30.3 Å². The Balaban J connectivity index is 0.00000312. The van der Waals surface area contributed by atoms with Crippen LogP contribution in [0.3, 0.4) is 0 Å². The van der Waals surface area contributed by atoms with E-state index in [0.29, 0.717) is 4.90 Å². The lowest BCUT2D eigenvalue weighted by Gasteiger charge is -2.16. The lowest BCUT2D eigenvalue weighted by atomic mass is 10.1. The van der Waals surface area contributed by atoms with E-state index < -0.39 is 42.3 Å². The van der Waals surface area contributed by atoms with Gasteiger partial charge in [-0.3, -0.25) is 29.3 Å². The predicted molar refractivity (Wildman–Crippen MR) is 88.6 cm³/mol. The molecule has 0 saturated carbocycles. The summed E-state index contributed by atoms with van der Waals surface area (Å²) in [5, 5.41) is 10.9. The number of nitrogens with two attached hydrogens (primary N) is 1. The Bertz CT molecular complexity index is 655. The lowest BCUT2D eigenvalue weighted by Crippen LogP contribution is -2.49. The number of carbonyl (C=O) groups is 4. The molecule has 1 heterocycles. The van der Waals surface area contributed by atoms with Crippen LogP contribution in [0.15, 0.2) is 30.3 Å². The van der Waals surface area contributed by atoms with Crippen molar-refractivity contribution in [1.82, 2.24) is 15.7 Å². The van der Waals surface area contributed by atoms with E-state index in [-0.39, 0.29) is 25.2 Å². The molecule has 5 N–H and O–H groups in total. The highest BCUT2D eigenvalue weighted by Crippen LogP contribution is 2.13. The first-order valence-electron chi connectivity index (χ1n) is 7.29. The molecule has 0 unspecified atom stereocenters. The number of hydroxylamine groups is 1. The number of likely N-dealkylation sites (tertiary alicyclic amines) is 1. The van der Waals surface area contributed by atoms with Crippen LogP contribution in [0.2, 0.25) is 0 Å². The molecule has 0 aliphatic carbocycles. The Morgan fingerprint density at radius 2 is 1.92 bits per heavy atom. The van der Waals surface area contributed by atoms with Crippen LogP contribution < -0.4 is 16.5 Å². The number of carbonyl (C=O) groups excluding carboxylic acids is 4. The molecule has 10 heteroatoms. The quantitative estimate of drug-likeness (QED) is 0.279. The van der Waals surface area contributed by atoms with Crippen LogP contribution in [-0.4, -0.2) is 52.4 Å². The van der Waals surface area contributed by atoms with Gasteiger partial charge in [0.05, 0.1) is 12.5 Å². The number of amides is 4. The number of nitrogens with zero attached hydrogens (tertiary/aromatic N) is 1. The maximum absolute atomic E-state index is 12.1. The van der Waals surface area contributed by atoms with Gasteiger partial charge in [0.1, 0.15) is 12.6 Å². The molecule has 25 heavy (non-hydrogen) atoms. The summed E-state index contributed by atoms with van der Waals surface area (Å²) >= 11 is 0. The lowest BCUT2D eigenvalue weighted by molar-refractivity contribution is -0.145. The molecule has 1 aliphatic heterocycles. The fourth-order valence-electron chi connectivity index (χ4n) is 2.38. The normalized spacial score (nSPS) is 17.7. The first-order chi connectivity index (χ1) is 11.4. The Kier molecular flexibility index (Phi) is 7.49.